The Morgan fingerprint density at radius 3 is 2.41 bits per heavy atom. The number of nitrogens with one attached hydrogen (secondary N) is 1. The summed E-state index contributed by atoms with van der Waals surface area (Å²) < 4.78 is 5.90. The van der Waals surface area contributed by atoms with Gasteiger partial charge in [0, 0.05) is 12.1 Å². The topological polar surface area (TPSA) is 41.6 Å². The van der Waals surface area contributed by atoms with Crippen molar-refractivity contribution in [2.24, 2.45) is 17.8 Å². The van der Waals surface area contributed by atoms with Crippen molar-refractivity contribution < 1.29 is 9.53 Å². The molecule has 5 atom stereocenters. The number of fused-ring (bicyclic) bond motifs is 1. The molecule has 1 amide bonds. The molecule has 1 N–H and O–H groups in total. The number of carbonyl (C=O) groups is 1. The maximum atomic E-state index is 13.4. The quantitative estimate of drug-likeness (QED) is 0.688. The fourth-order valence-electron chi connectivity index (χ4n) is 5.70. The second-order valence-electron chi connectivity index (χ2n) is 10.6. The van der Waals surface area contributed by atoms with Crippen molar-refractivity contribution in [2.45, 2.75) is 77.1 Å². The van der Waals surface area contributed by atoms with Crippen molar-refractivity contribution in [1.82, 2.24) is 10.2 Å². The van der Waals surface area contributed by atoms with Gasteiger partial charge in [-0.1, -0.05) is 56.3 Å². The summed E-state index contributed by atoms with van der Waals surface area (Å²) in [4.78, 5) is 15.4. The molecule has 0 radical (unpaired) electrons. The second kappa shape index (κ2) is 7.46. The van der Waals surface area contributed by atoms with Gasteiger partial charge in [-0.25, -0.2) is 4.79 Å². The molecule has 5 rings (SSSR count). The van der Waals surface area contributed by atoms with E-state index in [0.29, 0.717) is 17.8 Å². The Balaban J connectivity index is 1.75. The van der Waals surface area contributed by atoms with Crippen LogP contribution in [0.15, 0.2) is 42.5 Å². The lowest BCUT2D eigenvalue weighted by atomic mass is 9.62. The van der Waals surface area contributed by atoms with Gasteiger partial charge in [-0.3, -0.25) is 0 Å². The van der Waals surface area contributed by atoms with Gasteiger partial charge in [0.2, 0.25) is 0 Å². The minimum Gasteiger partial charge on any atom is -0.444 e. The van der Waals surface area contributed by atoms with Crippen molar-refractivity contribution in [3.05, 3.63) is 48.0 Å². The largest absolute Gasteiger partial charge is 0.444 e. The van der Waals surface area contributed by atoms with E-state index in [1.165, 1.54) is 18.4 Å². The Labute approximate surface area is 175 Å². The van der Waals surface area contributed by atoms with E-state index < -0.39 is 5.60 Å². The van der Waals surface area contributed by atoms with Crippen LogP contribution in [0.5, 0.6) is 0 Å². The Hall–Kier alpha value is -1.81. The lowest BCUT2D eigenvalue weighted by Gasteiger charge is -2.59. The van der Waals surface area contributed by atoms with E-state index in [1.54, 1.807) is 0 Å². The molecule has 1 aromatic carbocycles. The molecule has 1 saturated carbocycles. The van der Waals surface area contributed by atoms with E-state index in [4.69, 9.17) is 4.74 Å². The molecule has 2 fully saturated rings. The maximum absolute atomic E-state index is 13.4. The summed E-state index contributed by atoms with van der Waals surface area (Å²) in [7, 11) is 0. The predicted molar refractivity (Wildman–Crippen MR) is 117 cm³/mol. The Bertz CT molecular complexity index is 767. The number of ether oxygens (including phenoxy) is 1. The molecule has 4 heteroatoms. The molecule has 1 saturated heterocycles. The van der Waals surface area contributed by atoms with E-state index in [2.05, 4.69) is 66.5 Å². The summed E-state index contributed by atoms with van der Waals surface area (Å²) in [5.74, 6) is 1.39. The normalized spacial score (nSPS) is 34.1. The smallest absolute Gasteiger partial charge is 0.410 e. The number of piperazine rings is 1. The van der Waals surface area contributed by atoms with Gasteiger partial charge in [-0.15, -0.1) is 0 Å². The lowest BCUT2D eigenvalue weighted by molar-refractivity contribution is -0.0444. The number of benzene rings is 1. The second-order valence-corrected chi connectivity index (χ2v) is 10.6. The number of carbonyl (C=O) groups excluding carboxylic acids is 1. The molecule has 1 heterocycles. The monoisotopic (exact) mass is 396 g/mol. The summed E-state index contributed by atoms with van der Waals surface area (Å²) in [6.07, 6.45) is 8.18. The molecule has 2 bridgehead atoms. The first-order chi connectivity index (χ1) is 13.7. The fraction of sp³-hybridized carbons (Fsp3) is 0.640. The van der Waals surface area contributed by atoms with E-state index in [0.717, 1.165) is 13.0 Å². The molecule has 3 aliphatic carbocycles. The number of allylic oxidation sites excluding steroid dienone is 1. The van der Waals surface area contributed by atoms with Crippen LogP contribution in [0.3, 0.4) is 0 Å². The minimum absolute atomic E-state index is 0.0577. The molecular weight excluding hydrogens is 360 g/mol. The lowest BCUT2D eigenvalue weighted by Crippen LogP contribution is -2.71. The van der Waals surface area contributed by atoms with Crippen molar-refractivity contribution in [3.63, 3.8) is 0 Å². The van der Waals surface area contributed by atoms with Crippen molar-refractivity contribution in [3.8, 4) is 0 Å². The summed E-state index contributed by atoms with van der Waals surface area (Å²) in [6, 6.07) is 10.8. The van der Waals surface area contributed by atoms with Crippen LogP contribution in [-0.4, -0.2) is 34.7 Å². The molecule has 158 valence electrons. The first kappa shape index (κ1) is 20.5. The molecule has 4 nitrogen and oxygen atoms in total. The van der Waals surface area contributed by atoms with E-state index in [-0.39, 0.29) is 23.7 Å². The average molecular weight is 397 g/mol. The van der Waals surface area contributed by atoms with Crippen LogP contribution in [0.25, 0.3) is 0 Å². The maximum Gasteiger partial charge on any atom is 0.410 e. The Morgan fingerprint density at radius 2 is 1.90 bits per heavy atom. The van der Waals surface area contributed by atoms with Crippen LogP contribution in [0.4, 0.5) is 4.79 Å². The number of nitrogens with zero attached hydrogens (tertiary/aromatic N) is 1. The number of hydrogen-bond acceptors (Lipinski definition) is 3. The third-order valence-corrected chi connectivity index (χ3v) is 6.87. The number of amides is 1. The highest BCUT2D eigenvalue weighted by atomic mass is 16.6. The van der Waals surface area contributed by atoms with Crippen LogP contribution in [-0.2, 0) is 4.74 Å². The minimum atomic E-state index is -0.496. The molecule has 29 heavy (non-hydrogen) atoms. The molecule has 4 aliphatic rings. The van der Waals surface area contributed by atoms with Crippen LogP contribution in [0.1, 0.15) is 65.5 Å². The Kier molecular flexibility index (Phi) is 5.27. The van der Waals surface area contributed by atoms with Gasteiger partial charge in [-0.05, 0) is 63.4 Å². The highest BCUT2D eigenvalue weighted by Crippen LogP contribution is 2.48. The highest BCUT2D eigenvalue weighted by Gasteiger charge is 2.54. The zero-order valence-corrected chi connectivity index (χ0v) is 18.5. The van der Waals surface area contributed by atoms with Crippen molar-refractivity contribution in [2.75, 3.05) is 6.54 Å². The van der Waals surface area contributed by atoms with Gasteiger partial charge in [-0.2, -0.15) is 0 Å². The van der Waals surface area contributed by atoms with Crippen LogP contribution >= 0.6 is 0 Å². The average Bonchev–Trinajstić information content (AvgIpc) is 2.67. The van der Waals surface area contributed by atoms with Gasteiger partial charge in [0.15, 0.2) is 0 Å². The standard InChI is InChI=1S/C25H36N2O2/c1-17(2)22-21(19-9-7-6-8-10-19)26-25(15-18-11-13-20(25)14-12-18)16-27(22)23(28)29-24(3,4)5/h6-11,13,17-18,20-22,26H,12,14-16H2,1-5H3/t18?,20?,21-,22+,25+/m1/s1. The number of hydrogen-bond donors (Lipinski definition) is 1. The van der Waals surface area contributed by atoms with Gasteiger partial charge >= 0.3 is 6.09 Å². The SMILES string of the molecule is CC(C)[C@H]1[C@@H](c2ccccc2)N[C@@]2(CC3C=CC2CC3)CN1C(=O)OC(C)(C)C. The fourth-order valence-corrected chi connectivity index (χ4v) is 5.70. The zero-order valence-electron chi connectivity index (χ0n) is 18.5. The van der Waals surface area contributed by atoms with Crippen LogP contribution < -0.4 is 5.32 Å². The molecule has 2 unspecified atom stereocenters. The van der Waals surface area contributed by atoms with Crippen LogP contribution in [0.2, 0.25) is 0 Å². The summed E-state index contributed by atoms with van der Waals surface area (Å²) in [5.41, 5.74) is 0.689. The van der Waals surface area contributed by atoms with Gasteiger partial charge in [0.25, 0.3) is 0 Å². The first-order valence-electron chi connectivity index (χ1n) is 11.2. The summed E-state index contributed by atoms with van der Waals surface area (Å²) in [5, 5.41) is 4.09. The molecule has 1 aliphatic heterocycles. The van der Waals surface area contributed by atoms with Gasteiger partial charge < -0.3 is 15.0 Å². The van der Waals surface area contributed by atoms with Gasteiger partial charge in [0.05, 0.1) is 12.1 Å². The third kappa shape index (κ3) is 3.96. The predicted octanol–water partition coefficient (Wildman–Crippen LogP) is 5.32. The zero-order chi connectivity index (χ0) is 20.8. The van der Waals surface area contributed by atoms with E-state index in [9.17, 15) is 4.79 Å². The van der Waals surface area contributed by atoms with Crippen molar-refractivity contribution >= 4 is 6.09 Å². The van der Waals surface area contributed by atoms with Crippen LogP contribution in [0, 0.1) is 17.8 Å². The first-order valence-corrected chi connectivity index (χ1v) is 11.2. The molecule has 1 spiro atoms. The molecule has 0 aromatic heterocycles. The molecular formula is C25H36N2O2. The third-order valence-electron chi connectivity index (χ3n) is 6.87. The van der Waals surface area contributed by atoms with Crippen molar-refractivity contribution in [1.29, 1.82) is 0 Å². The van der Waals surface area contributed by atoms with E-state index >= 15 is 0 Å². The Morgan fingerprint density at radius 1 is 1.17 bits per heavy atom. The molecule has 1 aromatic rings. The van der Waals surface area contributed by atoms with Gasteiger partial charge in [0.1, 0.15) is 5.60 Å². The summed E-state index contributed by atoms with van der Waals surface area (Å²) in [6.45, 7) is 11.0. The van der Waals surface area contributed by atoms with E-state index in [1.807, 2.05) is 20.8 Å². The summed E-state index contributed by atoms with van der Waals surface area (Å²) >= 11 is 0. The number of rotatable bonds is 2. The highest BCUT2D eigenvalue weighted by molar-refractivity contribution is 5.69.